The molecule has 0 aliphatic carbocycles. The second-order valence-corrected chi connectivity index (χ2v) is 8.92. The van der Waals surface area contributed by atoms with E-state index in [1.165, 1.54) is 30.3 Å². The van der Waals surface area contributed by atoms with Crippen molar-refractivity contribution < 1.29 is 23.2 Å². The van der Waals surface area contributed by atoms with Crippen LogP contribution in [-0.2, 0) is 9.84 Å². The first-order valence-electron chi connectivity index (χ1n) is 8.69. The quantitative estimate of drug-likeness (QED) is 0.351. The molecule has 0 aliphatic heterocycles. The van der Waals surface area contributed by atoms with E-state index in [1.807, 2.05) is 0 Å². The van der Waals surface area contributed by atoms with Crippen LogP contribution in [0.3, 0.4) is 0 Å². The van der Waals surface area contributed by atoms with Gasteiger partial charge in [-0.2, -0.15) is 0 Å². The van der Waals surface area contributed by atoms with Crippen molar-refractivity contribution in [3.63, 3.8) is 0 Å². The van der Waals surface area contributed by atoms with Crippen LogP contribution in [0.4, 0.5) is 17.1 Å². The van der Waals surface area contributed by atoms with Gasteiger partial charge in [0.05, 0.1) is 36.9 Å². The number of benzene rings is 3. The normalized spacial score (nSPS) is 12.2. The van der Waals surface area contributed by atoms with Gasteiger partial charge in [-0.05, 0) is 30.3 Å². The average molecular weight is 478 g/mol. The summed E-state index contributed by atoms with van der Waals surface area (Å²) in [5.74, 6) is 0. The van der Waals surface area contributed by atoms with Gasteiger partial charge in [0.1, 0.15) is 5.25 Å². The summed E-state index contributed by atoms with van der Waals surface area (Å²) < 4.78 is 27.2. The van der Waals surface area contributed by atoms with Gasteiger partial charge in [-0.25, -0.2) is 8.42 Å². The zero-order chi connectivity index (χ0) is 23.6. The summed E-state index contributed by atoms with van der Waals surface area (Å²) in [5.41, 5.74) is -3.04. The summed E-state index contributed by atoms with van der Waals surface area (Å²) in [7, 11) is -4.51. The van der Waals surface area contributed by atoms with Crippen LogP contribution in [0.2, 0.25) is 5.02 Å². The van der Waals surface area contributed by atoms with Crippen LogP contribution < -0.4 is 0 Å². The van der Waals surface area contributed by atoms with Crippen molar-refractivity contribution in [2.75, 3.05) is 0 Å². The minimum Gasteiger partial charge on any atom is -0.258 e. The molecule has 0 N–H and O–H groups in total. The molecule has 3 rings (SSSR count). The lowest BCUT2D eigenvalue weighted by Crippen LogP contribution is -2.18. The third kappa shape index (κ3) is 4.26. The van der Waals surface area contributed by atoms with Gasteiger partial charge in [0.15, 0.2) is 9.84 Å². The Kier molecular flexibility index (Phi) is 6.18. The predicted molar refractivity (Wildman–Crippen MR) is 113 cm³/mol. The molecule has 0 aliphatic rings. The van der Waals surface area contributed by atoms with Gasteiger partial charge in [0, 0.05) is 17.2 Å². The summed E-state index contributed by atoms with van der Waals surface area (Å²) in [4.78, 5) is 31.5. The number of hydrogen-bond acceptors (Lipinski definition) is 8. The van der Waals surface area contributed by atoms with Crippen molar-refractivity contribution in [2.45, 2.75) is 10.1 Å². The lowest BCUT2D eigenvalue weighted by atomic mass is 10.0. The molecule has 3 aromatic rings. The Morgan fingerprint density at radius 1 is 0.719 bits per heavy atom. The Morgan fingerprint density at radius 2 is 1.34 bits per heavy atom. The van der Waals surface area contributed by atoms with Crippen LogP contribution in [0.1, 0.15) is 16.4 Å². The molecule has 32 heavy (non-hydrogen) atoms. The minimum atomic E-state index is -4.51. The van der Waals surface area contributed by atoms with Crippen molar-refractivity contribution in [3.8, 4) is 0 Å². The summed E-state index contributed by atoms with van der Waals surface area (Å²) in [5, 5.41) is 32.5. The van der Waals surface area contributed by atoms with Crippen LogP contribution in [0.15, 0.2) is 71.6 Å². The first-order chi connectivity index (χ1) is 15.0. The van der Waals surface area contributed by atoms with E-state index in [4.69, 9.17) is 11.6 Å². The summed E-state index contributed by atoms with van der Waals surface area (Å²) in [6, 6.07) is 12.5. The zero-order valence-corrected chi connectivity index (χ0v) is 17.4. The van der Waals surface area contributed by atoms with E-state index in [0.717, 1.165) is 24.3 Å². The van der Waals surface area contributed by atoms with E-state index in [-0.39, 0.29) is 9.92 Å². The lowest BCUT2D eigenvalue weighted by molar-refractivity contribution is -0.394. The molecule has 0 heterocycles. The smallest absolute Gasteiger partial charge is 0.258 e. The number of halogens is 1. The third-order valence-electron chi connectivity index (χ3n) is 4.55. The van der Waals surface area contributed by atoms with Gasteiger partial charge in [-0.3, -0.25) is 30.3 Å². The first-order valence-corrected chi connectivity index (χ1v) is 10.6. The van der Waals surface area contributed by atoms with Gasteiger partial charge >= 0.3 is 0 Å². The maximum absolute atomic E-state index is 13.6. The second-order valence-electron chi connectivity index (χ2n) is 6.46. The largest absolute Gasteiger partial charge is 0.281 e. The van der Waals surface area contributed by atoms with E-state index < -0.39 is 58.0 Å². The van der Waals surface area contributed by atoms with Crippen molar-refractivity contribution in [2.24, 2.45) is 0 Å². The second kappa shape index (κ2) is 8.69. The fourth-order valence-electron chi connectivity index (χ4n) is 3.18. The number of nitro benzene ring substituents is 3. The standard InChI is InChI=1S/C19H12ClN3O8S/c20-12-6-9-17(22(26)27)16(10-12)19(32(30,31)14-4-2-1-3-5-14)15-8-7-13(21(24)25)11-18(15)23(28)29/h1-11,19H. The highest BCUT2D eigenvalue weighted by molar-refractivity contribution is 7.92. The molecule has 164 valence electrons. The number of sulfone groups is 1. The topological polar surface area (TPSA) is 164 Å². The Hall–Kier alpha value is -3.90. The summed E-state index contributed by atoms with van der Waals surface area (Å²) in [6.45, 7) is 0. The van der Waals surface area contributed by atoms with E-state index in [1.54, 1.807) is 6.07 Å². The predicted octanol–water partition coefficient (Wildman–Crippen LogP) is 4.63. The highest BCUT2D eigenvalue weighted by atomic mass is 35.5. The van der Waals surface area contributed by atoms with E-state index in [9.17, 15) is 38.8 Å². The molecule has 0 saturated carbocycles. The Balaban J connectivity index is 2.44. The highest BCUT2D eigenvalue weighted by Gasteiger charge is 2.40. The van der Waals surface area contributed by atoms with Crippen LogP contribution in [0.5, 0.6) is 0 Å². The number of hydrogen-bond donors (Lipinski definition) is 0. The highest BCUT2D eigenvalue weighted by Crippen LogP contribution is 2.44. The number of nitrogens with zero attached hydrogens (tertiary/aromatic N) is 3. The summed E-state index contributed by atoms with van der Waals surface area (Å²) in [6.07, 6.45) is 0. The Morgan fingerprint density at radius 3 is 1.91 bits per heavy atom. The van der Waals surface area contributed by atoms with Crippen LogP contribution in [0, 0.1) is 30.3 Å². The minimum absolute atomic E-state index is 0.0385. The van der Waals surface area contributed by atoms with Crippen molar-refractivity contribution in [1.82, 2.24) is 0 Å². The van der Waals surface area contributed by atoms with Crippen molar-refractivity contribution in [1.29, 1.82) is 0 Å². The molecule has 0 bridgehead atoms. The molecule has 0 amide bonds. The van der Waals surface area contributed by atoms with Gasteiger partial charge in [0.25, 0.3) is 17.1 Å². The Labute approximate surface area is 185 Å². The van der Waals surface area contributed by atoms with E-state index in [2.05, 4.69) is 0 Å². The van der Waals surface area contributed by atoms with Gasteiger partial charge in [0.2, 0.25) is 0 Å². The molecule has 11 nitrogen and oxygen atoms in total. The van der Waals surface area contributed by atoms with Crippen molar-refractivity contribution in [3.05, 3.63) is 113 Å². The molecule has 0 spiro atoms. The number of nitro groups is 3. The van der Waals surface area contributed by atoms with Crippen LogP contribution >= 0.6 is 11.6 Å². The van der Waals surface area contributed by atoms with Crippen LogP contribution in [0.25, 0.3) is 0 Å². The maximum Gasteiger partial charge on any atom is 0.281 e. The van der Waals surface area contributed by atoms with Gasteiger partial charge in [-0.15, -0.1) is 0 Å². The van der Waals surface area contributed by atoms with Crippen LogP contribution in [-0.4, -0.2) is 23.2 Å². The molecule has 0 aromatic heterocycles. The molecule has 13 heteroatoms. The Bertz CT molecular complexity index is 1350. The number of non-ortho nitro benzene ring substituents is 1. The monoisotopic (exact) mass is 477 g/mol. The number of rotatable bonds is 7. The summed E-state index contributed by atoms with van der Waals surface area (Å²) >= 11 is 5.98. The van der Waals surface area contributed by atoms with Gasteiger partial charge in [-0.1, -0.05) is 29.8 Å². The average Bonchev–Trinajstić information content (AvgIpc) is 2.74. The molecule has 1 unspecified atom stereocenters. The molecular weight excluding hydrogens is 466 g/mol. The maximum atomic E-state index is 13.6. The molecule has 0 fully saturated rings. The SMILES string of the molecule is O=[N+]([O-])c1ccc(C(c2cc(Cl)ccc2[N+](=O)[O-])S(=O)(=O)c2ccccc2)c([N+](=O)[O-])c1. The molecular formula is C19H12ClN3O8S. The fourth-order valence-corrected chi connectivity index (χ4v) is 5.22. The lowest BCUT2D eigenvalue weighted by Gasteiger charge is -2.19. The van der Waals surface area contributed by atoms with E-state index >= 15 is 0 Å². The fraction of sp³-hybridized carbons (Fsp3) is 0.0526. The van der Waals surface area contributed by atoms with E-state index in [0.29, 0.717) is 6.07 Å². The molecule has 0 radical (unpaired) electrons. The van der Waals surface area contributed by atoms with Crippen molar-refractivity contribution >= 4 is 38.5 Å². The molecule has 3 aromatic carbocycles. The molecule has 1 atom stereocenters. The first kappa shape index (κ1) is 22.8. The van der Waals surface area contributed by atoms with Gasteiger partial charge < -0.3 is 0 Å². The third-order valence-corrected chi connectivity index (χ3v) is 6.85. The molecule has 0 saturated heterocycles. The zero-order valence-electron chi connectivity index (χ0n) is 15.8.